The van der Waals surface area contributed by atoms with Crippen LogP contribution in [0.5, 0.6) is 0 Å². The van der Waals surface area contributed by atoms with Crippen molar-refractivity contribution in [3.05, 3.63) is 120 Å². The Kier molecular flexibility index (Phi) is 4.30. The van der Waals surface area contributed by atoms with Gasteiger partial charge in [-0.1, -0.05) is 103 Å². The van der Waals surface area contributed by atoms with Gasteiger partial charge in [0.25, 0.3) is 5.56 Å². The third-order valence-corrected chi connectivity index (χ3v) is 5.25. The number of H-pyrrole nitrogens is 1. The summed E-state index contributed by atoms with van der Waals surface area (Å²) in [5.74, 6) is 0. The van der Waals surface area contributed by atoms with Crippen LogP contribution in [0.3, 0.4) is 0 Å². The van der Waals surface area contributed by atoms with Crippen LogP contribution in [0, 0.1) is 0 Å². The molecule has 29 heavy (non-hydrogen) atoms. The van der Waals surface area contributed by atoms with Crippen molar-refractivity contribution in [1.29, 1.82) is 0 Å². The Morgan fingerprint density at radius 2 is 1.03 bits per heavy atom. The van der Waals surface area contributed by atoms with Crippen molar-refractivity contribution in [3.63, 3.8) is 0 Å². The second-order valence-electron chi connectivity index (χ2n) is 7.06. The quantitative estimate of drug-likeness (QED) is 0.383. The van der Waals surface area contributed by atoms with Crippen molar-refractivity contribution >= 4 is 10.8 Å². The Morgan fingerprint density at radius 1 is 0.483 bits per heavy atom. The Bertz CT molecular complexity index is 1340. The zero-order valence-electron chi connectivity index (χ0n) is 15.8. The van der Waals surface area contributed by atoms with Crippen molar-refractivity contribution in [2.45, 2.75) is 0 Å². The first kappa shape index (κ1) is 17.2. The molecule has 1 N–H and O–H groups in total. The number of hydrogen-bond acceptors (Lipinski definition) is 1. The third-order valence-electron chi connectivity index (χ3n) is 5.25. The van der Waals surface area contributed by atoms with Crippen LogP contribution in [0.25, 0.3) is 44.3 Å². The number of hydrogen-bond donors (Lipinski definition) is 1. The fraction of sp³-hybridized carbons (Fsp3) is 0. The van der Waals surface area contributed by atoms with E-state index < -0.39 is 0 Å². The highest BCUT2D eigenvalue weighted by molar-refractivity contribution is 6.03. The first-order chi connectivity index (χ1) is 14.3. The second kappa shape index (κ2) is 7.25. The highest BCUT2D eigenvalue weighted by Gasteiger charge is 2.15. The van der Waals surface area contributed by atoms with Crippen LogP contribution in [0.4, 0.5) is 0 Å². The van der Waals surface area contributed by atoms with E-state index in [1.165, 1.54) is 0 Å². The molecule has 0 radical (unpaired) electrons. The van der Waals surface area contributed by atoms with Gasteiger partial charge in [-0.2, -0.15) is 0 Å². The molecule has 0 unspecified atom stereocenters. The van der Waals surface area contributed by atoms with Crippen LogP contribution in [0.1, 0.15) is 0 Å². The van der Waals surface area contributed by atoms with Gasteiger partial charge in [0, 0.05) is 10.9 Å². The number of pyridine rings is 1. The maximum absolute atomic E-state index is 13.1. The molecular weight excluding hydrogens is 354 g/mol. The lowest BCUT2D eigenvalue weighted by atomic mass is 9.92. The van der Waals surface area contributed by atoms with E-state index in [4.69, 9.17) is 0 Å². The Hall–Kier alpha value is -3.91. The summed E-state index contributed by atoms with van der Waals surface area (Å²) < 4.78 is 0. The molecule has 0 fully saturated rings. The lowest BCUT2D eigenvalue weighted by Gasteiger charge is -2.14. The second-order valence-corrected chi connectivity index (χ2v) is 7.06. The van der Waals surface area contributed by atoms with Crippen molar-refractivity contribution in [3.8, 4) is 33.5 Å². The molecule has 4 aromatic carbocycles. The smallest absolute Gasteiger partial charge is 0.256 e. The summed E-state index contributed by atoms with van der Waals surface area (Å²) in [5.41, 5.74) is 6.04. The Morgan fingerprint density at radius 3 is 1.66 bits per heavy atom. The molecule has 0 saturated heterocycles. The van der Waals surface area contributed by atoms with Gasteiger partial charge >= 0.3 is 0 Å². The molecule has 0 saturated carbocycles. The first-order valence-corrected chi connectivity index (χ1v) is 9.67. The van der Waals surface area contributed by atoms with Crippen molar-refractivity contribution in [2.75, 3.05) is 0 Å². The molecule has 0 aliphatic carbocycles. The largest absolute Gasteiger partial charge is 0.321 e. The third kappa shape index (κ3) is 3.15. The Labute approximate surface area is 169 Å². The van der Waals surface area contributed by atoms with E-state index in [-0.39, 0.29) is 5.56 Å². The van der Waals surface area contributed by atoms with Gasteiger partial charge in [0.2, 0.25) is 0 Å². The number of nitrogens with one attached hydrogen (secondary N) is 1. The molecule has 138 valence electrons. The van der Waals surface area contributed by atoms with E-state index in [0.717, 1.165) is 38.9 Å². The number of aromatic amines is 1. The van der Waals surface area contributed by atoms with Gasteiger partial charge in [0.05, 0.1) is 5.69 Å². The minimum Gasteiger partial charge on any atom is -0.321 e. The molecule has 0 atom stereocenters. The van der Waals surface area contributed by atoms with Gasteiger partial charge in [-0.15, -0.1) is 0 Å². The van der Waals surface area contributed by atoms with E-state index in [0.29, 0.717) is 5.39 Å². The minimum atomic E-state index is -0.0729. The monoisotopic (exact) mass is 373 g/mol. The zero-order valence-corrected chi connectivity index (χ0v) is 15.8. The predicted molar refractivity (Wildman–Crippen MR) is 121 cm³/mol. The Balaban J connectivity index is 1.84. The molecular formula is C27H19NO. The fourth-order valence-electron chi connectivity index (χ4n) is 3.86. The van der Waals surface area contributed by atoms with Gasteiger partial charge < -0.3 is 4.98 Å². The predicted octanol–water partition coefficient (Wildman–Crippen LogP) is 6.53. The summed E-state index contributed by atoms with van der Waals surface area (Å²) in [6.07, 6.45) is 0. The van der Waals surface area contributed by atoms with Crippen LogP contribution < -0.4 is 5.56 Å². The molecule has 1 aromatic heterocycles. The summed E-state index contributed by atoms with van der Waals surface area (Å²) in [6, 6.07) is 36.6. The summed E-state index contributed by atoms with van der Waals surface area (Å²) in [4.78, 5) is 16.2. The lowest BCUT2D eigenvalue weighted by molar-refractivity contribution is 1.28. The van der Waals surface area contributed by atoms with Gasteiger partial charge in [0.1, 0.15) is 0 Å². The topological polar surface area (TPSA) is 32.9 Å². The van der Waals surface area contributed by atoms with E-state index >= 15 is 0 Å². The normalized spacial score (nSPS) is 10.9. The summed E-state index contributed by atoms with van der Waals surface area (Å²) in [7, 11) is 0. The van der Waals surface area contributed by atoms with Crippen LogP contribution in [-0.4, -0.2) is 4.98 Å². The molecule has 0 aliphatic rings. The number of benzene rings is 4. The van der Waals surface area contributed by atoms with E-state index in [1.807, 2.05) is 72.8 Å². The minimum absolute atomic E-state index is 0.0729. The van der Waals surface area contributed by atoms with Crippen molar-refractivity contribution in [1.82, 2.24) is 4.98 Å². The van der Waals surface area contributed by atoms with Gasteiger partial charge in [-0.25, -0.2) is 0 Å². The molecule has 5 aromatic rings. The van der Waals surface area contributed by atoms with E-state index in [1.54, 1.807) is 0 Å². The number of rotatable bonds is 3. The van der Waals surface area contributed by atoms with Crippen LogP contribution in [0.2, 0.25) is 0 Å². The standard InChI is InChI=1S/C27H19NO/c29-27-24-18-22(19-10-4-1-5-11-19)16-17-23(24)25(20-12-6-2-7-13-20)26(28-27)21-14-8-3-9-15-21/h1-18H,(H,28,29). The number of fused-ring (bicyclic) bond motifs is 1. The molecule has 5 rings (SSSR count). The van der Waals surface area contributed by atoms with Gasteiger partial charge in [-0.3, -0.25) is 4.79 Å². The van der Waals surface area contributed by atoms with Gasteiger partial charge in [0.15, 0.2) is 0 Å². The maximum Gasteiger partial charge on any atom is 0.256 e. The van der Waals surface area contributed by atoms with Crippen molar-refractivity contribution < 1.29 is 0 Å². The molecule has 1 heterocycles. The molecule has 2 heteroatoms. The van der Waals surface area contributed by atoms with Crippen LogP contribution in [0.15, 0.2) is 114 Å². The molecule has 0 amide bonds. The molecule has 0 bridgehead atoms. The van der Waals surface area contributed by atoms with E-state index in [2.05, 4.69) is 41.4 Å². The van der Waals surface area contributed by atoms with Crippen LogP contribution >= 0.6 is 0 Å². The average molecular weight is 373 g/mol. The highest BCUT2D eigenvalue weighted by Crippen LogP contribution is 2.36. The highest BCUT2D eigenvalue weighted by atomic mass is 16.1. The number of aromatic nitrogens is 1. The van der Waals surface area contributed by atoms with Gasteiger partial charge in [-0.05, 0) is 33.7 Å². The van der Waals surface area contributed by atoms with Crippen LogP contribution in [-0.2, 0) is 0 Å². The zero-order chi connectivity index (χ0) is 19.6. The first-order valence-electron chi connectivity index (χ1n) is 9.67. The average Bonchev–Trinajstić information content (AvgIpc) is 2.80. The summed E-state index contributed by atoms with van der Waals surface area (Å²) in [6.45, 7) is 0. The molecule has 2 nitrogen and oxygen atoms in total. The summed E-state index contributed by atoms with van der Waals surface area (Å²) >= 11 is 0. The van der Waals surface area contributed by atoms with E-state index in [9.17, 15) is 4.79 Å². The van der Waals surface area contributed by atoms with Crippen molar-refractivity contribution in [2.24, 2.45) is 0 Å². The maximum atomic E-state index is 13.1. The fourth-order valence-corrected chi connectivity index (χ4v) is 3.86. The molecule has 0 aliphatic heterocycles. The molecule has 0 spiro atoms. The SMILES string of the molecule is O=c1[nH]c(-c2ccccc2)c(-c2ccccc2)c2ccc(-c3ccccc3)cc12. The lowest BCUT2D eigenvalue weighted by Crippen LogP contribution is -2.09. The summed E-state index contributed by atoms with van der Waals surface area (Å²) in [5, 5.41) is 1.66.